The first-order valence-electron chi connectivity index (χ1n) is 6.42. The molecule has 0 unspecified atom stereocenters. The zero-order chi connectivity index (χ0) is 14.3. The molecule has 0 radical (unpaired) electrons. The topological polar surface area (TPSA) is 92.2 Å². The molecule has 0 atom stereocenters. The van der Waals surface area contributed by atoms with Crippen LogP contribution in [0.15, 0.2) is 0 Å². The van der Waals surface area contributed by atoms with E-state index in [0.29, 0.717) is 31.1 Å². The van der Waals surface area contributed by atoms with Crippen molar-refractivity contribution < 1.29 is 9.84 Å². The van der Waals surface area contributed by atoms with Crippen LogP contribution in [0.3, 0.4) is 0 Å². The van der Waals surface area contributed by atoms with Crippen LogP contribution >= 0.6 is 0 Å². The second kappa shape index (κ2) is 7.08. The fourth-order valence-corrected chi connectivity index (χ4v) is 1.18. The fraction of sp³-hybridized carbons (Fsp3) is 0.750. The summed E-state index contributed by atoms with van der Waals surface area (Å²) in [7, 11) is 1.74. The number of aliphatic hydroxyl groups is 1. The Morgan fingerprint density at radius 1 is 1.21 bits per heavy atom. The maximum Gasteiger partial charge on any atom is 0.323 e. The van der Waals surface area contributed by atoms with Crippen molar-refractivity contribution in [1.82, 2.24) is 15.0 Å². The van der Waals surface area contributed by atoms with E-state index in [1.165, 1.54) is 0 Å². The van der Waals surface area contributed by atoms with E-state index >= 15 is 0 Å². The highest BCUT2D eigenvalue weighted by molar-refractivity contribution is 5.35. The zero-order valence-electron chi connectivity index (χ0n) is 12.0. The van der Waals surface area contributed by atoms with Gasteiger partial charge in [0.1, 0.15) is 0 Å². The lowest BCUT2D eigenvalue weighted by Crippen LogP contribution is -2.27. The summed E-state index contributed by atoms with van der Waals surface area (Å²) < 4.78 is 5.40. The number of aliphatic hydroxyl groups excluding tert-OH is 1. The summed E-state index contributed by atoms with van der Waals surface area (Å²) >= 11 is 0. The lowest BCUT2D eigenvalue weighted by molar-refractivity contribution is 0.170. The van der Waals surface area contributed by atoms with Gasteiger partial charge in [-0.05, 0) is 6.42 Å². The van der Waals surface area contributed by atoms with Gasteiger partial charge in [0.15, 0.2) is 0 Å². The minimum absolute atomic E-state index is 0.0865. The molecule has 0 saturated carbocycles. The number of nitrogens with one attached hydrogen (secondary N) is 2. The molecule has 1 heterocycles. The van der Waals surface area contributed by atoms with E-state index in [1.807, 2.05) is 20.8 Å². The Hall–Kier alpha value is -1.63. The quantitative estimate of drug-likeness (QED) is 0.651. The second-order valence-electron chi connectivity index (χ2n) is 5.04. The van der Waals surface area contributed by atoms with Crippen molar-refractivity contribution in [2.45, 2.75) is 27.2 Å². The third kappa shape index (κ3) is 5.25. The molecule has 1 aromatic heterocycles. The Morgan fingerprint density at radius 2 is 1.89 bits per heavy atom. The van der Waals surface area contributed by atoms with Gasteiger partial charge < -0.3 is 20.5 Å². The van der Waals surface area contributed by atoms with Gasteiger partial charge in [-0.15, -0.1) is 0 Å². The maximum atomic E-state index is 9.21. The van der Waals surface area contributed by atoms with E-state index in [2.05, 4.69) is 25.6 Å². The molecule has 3 N–H and O–H groups in total. The second-order valence-corrected chi connectivity index (χ2v) is 5.04. The van der Waals surface area contributed by atoms with Gasteiger partial charge >= 0.3 is 6.01 Å². The van der Waals surface area contributed by atoms with Gasteiger partial charge in [0.05, 0.1) is 6.61 Å². The summed E-state index contributed by atoms with van der Waals surface area (Å²) in [5.41, 5.74) is -0.239. The number of nitrogens with zero attached hydrogens (tertiary/aromatic N) is 3. The van der Waals surface area contributed by atoms with Gasteiger partial charge in [0, 0.05) is 25.6 Å². The highest BCUT2D eigenvalue weighted by atomic mass is 16.5. The molecule has 1 aromatic rings. The Morgan fingerprint density at radius 3 is 2.47 bits per heavy atom. The van der Waals surface area contributed by atoms with Gasteiger partial charge in [-0.2, -0.15) is 15.0 Å². The highest BCUT2D eigenvalue weighted by Crippen LogP contribution is 2.16. The predicted molar refractivity (Wildman–Crippen MR) is 74.5 cm³/mol. The van der Waals surface area contributed by atoms with Crippen molar-refractivity contribution in [2.24, 2.45) is 5.41 Å². The van der Waals surface area contributed by atoms with Gasteiger partial charge in [-0.3, -0.25) is 0 Å². The largest absolute Gasteiger partial charge is 0.463 e. The molecule has 0 saturated heterocycles. The number of anilines is 2. The molecule has 7 heteroatoms. The first-order chi connectivity index (χ1) is 9.00. The minimum atomic E-state index is -0.239. The molecule has 0 amide bonds. The van der Waals surface area contributed by atoms with Crippen molar-refractivity contribution >= 4 is 11.9 Å². The standard InChI is InChI=1S/C12H23N5O2/c1-5-6-19-11-16-9(13-4)15-10(17-11)14-7-12(2,3)8-18/h18H,5-8H2,1-4H3,(H2,13,14,15,16,17). The summed E-state index contributed by atoms with van der Waals surface area (Å²) in [4.78, 5) is 12.5. The smallest absolute Gasteiger partial charge is 0.323 e. The Kier molecular flexibility index (Phi) is 5.75. The van der Waals surface area contributed by atoms with E-state index in [4.69, 9.17) is 4.74 Å². The Bertz CT molecular complexity index is 398. The van der Waals surface area contributed by atoms with Crippen LogP contribution in [0.2, 0.25) is 0 Å². The van der Waals surface area contributed by atoms with Crippen LogP contribution in [0.4, 0.5) is 11.9 Å². The van der Waals surface area contributed by atoms with E-state index in [9.17, 15) is 5.11 Å². The number of hydrogen-bond acceptors (Lipinski definition) is 7. The molecule has 0 aliphatic rings. The molecule has 19 heavy (non-hydrogen) atoms. The summed E-state index contributed by atoms with van der Waals surface area (Å²) in [6, 6.07) is 0.297. The number of ether oxygens (including phenoxy) is 1. The summed E-state index contributed by atoms with van der Waals surface area (Å²) in [6.45, 7) is 7.13. The van der Waals surface area contributed by atoms with Gasteiger partial charge in [-0.1, -0.05) is 20.8 Å². The average molecular weight is 269 g/mol. The SMILES string of the molecule is CCCOc1nc(NC)nc(NCC(C)(C)CO)n1. The number of aromatic nitrogens is 3. The van der Waals surface area contributed by atoms with Crippen LogP contribution in [0, 0.1) is 5.41 Å². The van der Waals surface area contributed by atoms with Crippen LogP contribution in [-0.4, -0.2) is 46.9 Å². The molecule has 0 fully saturated rings. The molecule has 0 aliphatic heterocycles. The predicted octanol–water partition coefficient (Wildman–Crippen LogP) is 1.13. The van der Waals surface area contributed by atoms with Crippen molar-refractivity contribution in [3.05, 3.63) is 0 Å². The third-order valence-corrected chi connectivity index (χ3v) is 2.43. The molecule has 7 nitrogen and oxygen atoms in total. The molecular formula is C12H23N5O2. The van der Waals surface area contributed by atoms with E-state index in [-0.39, 0.29) is 12.0 Å². The first kappa shape index (κ1) is 15.4. The Labute approximate surface area is 113 Å². The molecule has 0 aromatic carbocycles. The zero-order valence-corrected chi connectivity index (χ0v) is 12.0. The van der Waals surface area contributed by atoms with Gasteiger partial charge in [-0.25, -0.2) is 0 Å². The van der Waals surface area contributed by atoms with Crippen molar-refractivity contribution in [2.75, 3.05) is 37.4 Å². The van der Waals surface area contributed by atoms with E-state index in [0.717, 1.165) is 6.42 Å². The highest BCUT2D eigenvalue weighted by Gasteiger charge is 2.17. The average Bonchev–Trinajstić information content (AvgIpc) is 2.42. The van der Waals surface area contributed by atoms with Crippen LogP contribution in [-0.2, 0) is 0 Å². The first-order valence-corrected chi connectivity index (χ1v) is 6.42. The van der Waals surface area contributed by atoms with E-state index in [1.54, 1.807) is 7.05 Å². The van der Waals surface area contributed by atoms with Crippen LogP contribution < -0.4 is 15.4 Å². The molecule has 0 spiro atoms. The summed E-state index contributed by atoms with van der Waals surface area (Å²) in [6.07, 6.45) is 0.890. The van der Waals surface area contributed by atoms with Crippen molar-refractivity contribution in [3.63, 3.8) is 0 Å². The molecule has 108 valence electrons. The number of hydrogen-bond donors (Lipinski definition) is 3. The lowest BCUT2D eigenvalue weighted by atomic mass is 9.95. The molecule has 1 rings (SSSR count). The van der Waals surface area contributed by atoms with Gasteiger partial charge in [0.2, 0.25) is 11.9 Å². The number of rotatable bonds is 8. The van der Waals surface area contributed by atoms with E-state index < -0.39 is 0 Å². The van der Waals surface area contributed by atoms with Crippen LogP contribution in [0.25, 0.3) is 0 Å². The normalized spacial score (nSPS) is 11.2. The van der Waals surface area contributed by atoms with Gasteiger partial charge in [0.25, 0.3) is 0 Å². The molecular weight excluding hydrogens is 246 g/mol. The summed E-state index contributed by atoms with van der Waals surface area (Å²) in [5.74, 6) is 0.886. The minimum Gasteiger partial charge on any atom is -0.463 e. The monoisotopic (exact) mass is 269 g/mol. The molecule has 0 aliphatic carbocycles. The van der Waals surface area contributed by atoms with Crippen LogP contribution in [0.5, 0.6) is 6.01 Å². The lowest BCUT2D eigenvalue weighted by Gasteiger charge is -2.21. The van der Waals surface area contributed by atoms with Crippen molar-refractivity contribution in [1.29, 1.82) is 0 Å². The van der Waals surface area contributed by atoms with Crippen LogP contribution in [0.1, 0.15) is 27.2 Å². The van der Waals surface area contributed by atoms with Crippen molar-refractivity contribution in [3.8, 4) is 6.01 Å². The summed E-state index contributed by atoms with van der Waals surface area (Å²) in [5, 5.41) is 15.2. The molecule has 0 bridgehead atoms. The third-order valence-electron chi connectivity index (χ3n) is 2.43. The fourth-order valence-electron chi connectivity index (χ4n) is 1.18. The Balaban J connectivity index is 2.76. The maximum absolute atomic E-state index is 9.21.